The van der Waals surface area contributed by atoms with Crippen LogP contribution in [-0.4, -0.2) is 24.5 Å². The Balaban J connectivity index is 1.59. The number of ether oxygens (including phenoxy) is 1. The number of para-hydroxylation sites is 1. The van der Waals surface area contributed by atoms with E-state index in [1.165, 1.54) is 23.5 Å². The van der Waals surface area contributed by atoms with Crippen molar-refractivity contribution in [1.29, 1.82) is 0 Å². The third-order valence-electron chi connectivity index (χ3n) is 3.70. The monoisotopic (exact) mass is 356 g/mol. The van der Waals surface area contributed by atoms with E-state index in [1.54, 1.807) is 24.6 Å². The average molecular weight is 356 g/mol. The van der Waals surface area contributed by atoms with Gasteiger partial charge in [-0.05, 0) is 42.3 Å². The van der Waals surface area contributed by atoms with Gasteiger partial charge in [-0.25, -0.2) is 9.37 Å². The molecular weight excluding hydrogens is 339 g/mol. The topological polar surface area (TPSA) is 51.2 Å². The van der Waals surface area contributed by atoms with E-state index >= 15 is 0 Å². The summed E-state index contributed by atoms with van der Waals surface area (Å²) in [5, 5.41) is 5.26. The molecule has 0 saturated heterocycles. The van der Waals surface area contributed by atoms with Crippen LogP contribution in [-0.2, 0) is 6.42 Å². The Labute approximate surface area is 149 Å². The number of aromatic nitrogens is 1. The number of methoxy groups -OCH3 is 1. The first-order valence-corrected chi connectivity index (χ1v) is 8.67. The lowest BCUT2D eigenvalue weighted by Gasteiger charge is -2.08. The fraction of sp³-hybridized carbons (Fsp3) is 0.158. The molecule has 1 aromatic heterocycles. The molecule has 1 N–H and O–H groups in total. The molecule has 0 saturated carbocycles. The van der Waals surface area contributed by atoms with Gasteiger partial charge in [0, 0.05) is 17.5 Å². The SMILES string of the molecule is COc1ccccc1CCNC(=O)c1csc(-c2ccc(F)cc2)n1. The number of amides is 1. The van der Waals surface area contributed by atoms with Gasteiger partial charge in [0.25, 0.3) is 5.91 Å². The molecule has 3 rings (SSSR count). The van der Waals surface area contributed by atoms with Crippen molar-refractivity contribution >= 4 is 17.2 Å². The van der Waals surface area contributed by atoms with E-state index in [4.69, 9.17) is 4.74 Å². The van der Waals surface area contributed by atoms with Crippen molar-refractivity contribution in [1.82, 2.24) is 10.3 Å². The van der Waals surface area contributed by atoms with Crippen molar-refractivity contribution in [3.05, 3.63) is 71.0 Å². The lowest BCUT2D eigenvalue weighted by atomic mass is 10.1. The number of hydrogen-bond donors (Lipinski definition) is 1. The molecule has 6 heteroatoms. The molecule has 1 amide bonds. The molecule has 0 aliphatic heterocycles. The Morgan fingerprint density at radius 1 is 1.20 bits per heavy atom. The van der Waals surface area contributed by atoms with Crippen LogP contribution in [0.25, 0.3) is 10.6 Å². The first-order valence-electron chi connectivity index (χ1n) is 7.79. The van der Waals surface area contributed by atoms with E-state index < -0.39 is 0 Å². The minimum atomic E-state index is -0.297. The van der Waals surface area contributed by atoms with Crippen LogP contribution in [0.3, 0.4) is 0 Å². The molecule has 0 unspecified atom stereocenters. The zero-order valence-corrected chi connectivity index (χ0v) is 14.5. The van der Waals surface area contributed by atoms with Crippen molar-refractivity contribution in [2.45, 2.75) is 6.42 Å². The largest absolute Gasteiger partial charge is 0.496 e. The smallest absolute Gasteiger partial charge is 0.270 e. The maximum Gasteiger partial charge on any atom is 0.270 e. The zero-order chi connectivity index (χ0) is 17.6. The van der Waals surface area contributed by atoms with E-state index in [2.05, 4.69) is 10.3 Å². The van der Waals surface area contributed by atoms with Crippen molar-refractivity contribution in [3.63, 3.8) is 0 Å². The lowest BCUT2D eigenvalue weighted by molar-refractivity contribution is 0.0950. The van der Waals surface area contributed by atoms with Crippen LogP contribution in [0, 0.1) is 5.82 Å². The summed E-state index contributed by atoms with van der Waals surface area (Å²) in [6, 6.07) is 13.8. The van der Waals surface area contributed by atoms with E-state index in [0.29, 0.717) is 23.7 Å². The first-order chi connectivity index (χ1) is 12.2. The van der Waals surface area contributed by atoms with Crippen LogP contribution in [0.1, 0.15) is 16.1 Å². The molecule has 0 spiro atoms. The van der Waals surface area contributed by atoms with E-state index in [0.717, 1.165) is 16.9 Å². The van der Waals surface area contributed by atoms with Gasteiger partial charge in [0.1, 0.15) is 22.3 Å². The van der Waals surface area contributed by atoms with E-state index in [-0.39, 0.29) is 11.7 Å². The van der Waals surface area contributed by atoms with Crippen LogP contribution in [0.15, 0.2) is 53.9 Å². The van der Waals surface area contributed by atoms with Crippen molar-refractivity contribution in [3.8, 4) is 16.3 Å². The Morgan fingerprint density at radius 3 is 2.72 bits per heavy atom. The van der Waals surface area contributed by atoms with Crippen LogP contribution < -0.4 is 10.1 Å². The Kier molecular flexibility index (Phi) is 5.40. The number of nitrogens with one attached hydrogen (secondary N) is 1. The number of halogens is 1. The van der Waals surface area contributed by atoms with E-state index in [9.17, 15) is 9.18 Å². The van der Waals surface area contributed by atoms with E-state index in [1.807, 2.05) is 24.3 Å². The number of thiazole rings is 1. The van der Waals surface area contributed by atoms with Crippen molar-refractivity contribution in [2.24, 2.45) is 0 Å². The highest BCUT2D eigenvalue weighted by Crippen LogP contribution is 2.24. The van der Waals surface area contributed by atoms with Gasteiger partial charge in [0.15, 0.2) is 0 Å². The molecule has 0 fully saturated rings. The van der Waals surface area contributed by atoms with Gasteiger partial charge in [0.2, 0.25) is 0 Å². The Morgan fingerprint density at radius 2 is 1.96 bits per heavy atom. The zero-order valence-electron chi connectivity index (χ0n) is 13.7. The van der Waals surface area contributed by atoms with Crippen molar-refractivity contribution in [2.75, 3.05) is 13.7 Å². The summed E-state index contributed by atoms with van der Waals surface area (Å²) in [6.07, 6.45) is 0.671. The summed E-state index contributed by atoms with van der Waals surface area (Å²) in [5.74, 6) is 0.290. The van der Waals surface area contributed by atoms with Crippen molar-refractivity contribution < 1.29 is 13.9 Å². The van der Waals surface area contributed by atoms with Crippen LogP contribution in [0.4, 0.5) is 4.39 Å². The van der Waals surface area contributed by atoms with Gasteiger partial charge >= 0.3 is 0 Å². The summed E-state index contributed by atoms with van der Waals surface area (Å²) in [5.41, 5.74) is 2.19. The summed E-state index contributed by atoms with van der Waals surface area (Å²) in [7, 11) is 1.63. The maximum absolute atomic E-state index is 13.0. The molecule has 4 nitrogen and oxygen atoms in total. The van der Waals surface area contributed by atoms with Gasteiger partial charge < -0.3 is 10.1 Å². The molecule has 0 radical (unpaired) electrons. The average Bonchev–Trinajstić information content (AvgIpc) is 3.13. The normalized spacial score (nSPS) is 10.5. The minimum absolute atomic E-state index is 0.223. The van der Waals surface area contributed by atoms with Gasteiger partial charge in [-0.2, -0.15) is 0 Å². The minimum Gasteiger partial charge on any atom is -0.496 e. The van der Waals surface area contributed by atoms with Crippen LogP contribution in [0.2, 0.25) is 0 Å². The Bertz CT molecular complexity index is 862. The molecule has 2 aromatic carbocycles. The molecule has 0 aliphatic rings. The second kappa shape index (κ2) is 7.90. The predicted octanol–water partition coefficient (Wildman–Crippen LogP) is 3.93. The number of hydrogen-bond acceptors (Lipinski definition) is 4. The summed E-state index contributed by atoms with van der Waals surface area (Å²) < 4.78 is 18.3. The molecule has 0 bridgehead atoms. The molecular formula is C19H17FN2O2S. The Hall–Kier alpha value is -2.73. The summed E-state index contributed by atoms with van der Waals surface area (Å²) in [4.78, 5) is 16.6. The highest BCUT2D eigenvalue weighted by molar-refractivity contribution is 7.13. The van der Waals surface area contributed by atoms with Crippen LogP contribution in [0.5, 0.6) is 5.75 Å². The highest BCUT2D eigenvalue weighted by Gasteiger charge is 2.12. The maximum atomic E-state index is 13.0. The van der Waals surface area contributed by atoms with Gasteiger partial charge in [0.05, 0.1) is 7.11 Å². The quantitative estimate of drug-likeness (QED) is 0.728. The molecule has 3 aromatic rings. The molecule has 0 atom stereocenters. The standard InChI is InChI=1S/C19H17FN2O2S/c1-24-17-5-3-2-4-13(17)10-11-21-18(23)16-12-25-19(22-16)14-6-8-15(20)9-7-14/h2-9,12H,10-11H2,1H3,(H,21,23). The molecule has 1 heterocycles. The number of nitrogens with zero attached hydrogens (tertiary/aromatic N) is 1. The van der Waals surface area contributed by atoms with Gasteiger partial charge in [-0.1, -0.05) is 18.2 Å². The third kappa shape index (κ3) is 4.22. The third-order valence-corrected chi connectivity index (χ3v) is 4.59. The summed E-state index contributed by atoms with van der Waals surface area (Å²) in [6.45, 7) is 0.489. The second-order valence-corrected chi connectivity index (χ2v) is 6.22. The van der Waals surface area contributed by atoms with Gasteiger partial charge in [-0.3, -0.25) is 4.79 Å². The number of carbonyl (C=O) groups is 1. The fourth-order valence-electron chi connectivity index (χ4n) is 2.41. The molecule has 128 valence electrons. The van der Waals surface area contributed by atoms with Gasteiger partial charge in [-0.15, -0.1) is 11.3 Å². The predicted molar refractivity (Wildman–Crippen MR) is 96.5 cm³/mol. The summed E-state index contributed by atoms with van der Waals surface area (Å²) >= 11 is 1.36. The number of rotatable bonds is 6. The lowest BCUT2D eigenvalue weighted by Crippen LogP contribution is -2.26. The number of benzene rings is 2. The second-order valence-electron chi connectivity index (χ2n) is 5.36. The fourth-order valence-corrected chi connectivity index (χ4v) is 3.22. The first kappa shape index (κ1) is 17.1. The molecule has 25 heavy (non-hydrogen) atoms. The number of carbonyl (C=O) groups excluding carboxylic acids is 1. The van der Waals surface area contributed by atoms with Crippen LogP contribution >= 0.6 is 11.3 Å². The highest BCUT2D eigenvalue weighted by atomic mass is 32.1. The molecule has 0 aliphatic carbocycles.